The fourth-order valence-electron chi connectivity index (χ4n) is 5.84. The lowest BCUT2D eigenvalue weighted by Crippen LogP contribution is -2.48. The highest BCUT2D eigenvalue weighted by Crippen LogP contribution is 2.47. The van der Waals surface area contributed by atoms with Crippen LogP contribution in [0, 0.1) is 21.7 Å². The highest BCUT2D eigenvalue weighted by atomic mass is 16.6. The summed E-state index contributed by atoms with van der Waals surface area (Å²) in [5.74, 6) is -1.57. The van der Waals surface area contributed by atoms with Crippen LogP contribution < -0.4 is 0 Å². The van der Waals surface area contributed by atoms with Gasteiger partial charge in [0.15, 0.2) is 0 Å². The smallest absolute Gasteiger partial charge is 0.338 e. The van der Waals surface area contributed by atoms with Gasteiger partial charge >= 0.3 is 23.9 Å². The van der Waals surface area contributed by atoms with Crippen molar-refractivity contribution in [2.45, 2.75) is 186 Å². The average Bonchev–Trinajstić information content (AvgIpc) is 2.94. The lowest BCUT2D eigenvalue weighted by molar-refractivity contribution is -0.185. The number of esters is 4. The van der Waals surface area contributed by atoms with Gasteiger partial charge in [0.1, 0.15) is 22.4 Å². The van der Waals surface area contributed by atoms with Crippen LogP contribution in [0.25, 0.3) is 0 Å². The summed E-state index contributed by atoms with van der Waals surface area (Å²) in [7, 11) is 0. The molecule has 0 saturated carbocycles. The summed E-state index contributed by atoms with van der Waals surface area (Å²) >= 11 is 0. The summed E-state index contributed by atoms with van der Waals surface area (Å²) in [5, 5.41) is 0. The van der Waals surface area contributed by atoms with Gasteiger partial charge in [0.05, 0.1) is 22.0 Å². The van der Waals surface area contributed by atoms with Gasteiger partial charge in [-0.15, -0.1) is 0 Å². The summed E-state index contributed by atoms with van der Waals surface area (Å²) < 4.78 is 23.6. The quantitative estimate of drug-likeness (QED) is 0.117. The molecule has 1 aromatic carbocycles. The molecule has 0 aliphatic heterocycles. The third-order valence-electron chi connectivity index (χ3n) is 11.1. The van der Waals surface area contributed by atoms with Crippen LogP contribution in [0.5, 0.6) is 0 Å². The molecule has 8 nitrogen and oxygen atoms in total. The Kier molecular flexibility index (Phi) is 14.2. The van der Waals surface area contributed by atoms with Gasteiger partial charge in [0.25, 0.3) is 0 Å². The Morgan fingerprint density at radius 3 is 1.34 bits per heavy atom. The van der Waals surface area contributed by atoms with Crippen molar-refractivity contribution in [3.63, 3.8) is 0 Å². The number of benzene rings is 1. The third kappa shape index (κ3) is 12.1. The molecule has 0 bridgehead atoms. The molecule has 1 aromatic rings. The molecule has 0 aliphatic carbocycles. The van der Waals surface area contributed by atoms with Gasteiger partial charge < -0.3 is 18.9 Å². The van der Waals surface area contributed by atoms with Gasteiger partial charge in [-0.3, -0.25) is 9.59 Å². The van der Waals surface area contributed by atoms with Crippen LogP contribution in [-0.2, 0) is 28.5 Å². The second-order valence-corrected chi connectivity index (χ2v) is 19.0. The minimum Gasteiger partial charge on any atom is -0.460 e. The molecule has 0 fully saturated rings. The zero-order valence-electron chi connectivity index (χ0n) is 34.8. The maximum Gasteiger partial charge on any atom is 0.338 e. The average molecular weight is 703 g/mol. The summed E-state index contributed by atoms with van der Waals surface area (Å²) in [4.78, 5) is 52.4. The topological polar surface area (TPSA) is 105 Å². The molecule has 286 valence electrons. The van der Waals surface area contributed by atoms with E-state index in [2.05, 4.69) is 27.7 Å². The van der Waals surface area contributed by atoms with Crippen LogP contribution in [0.3, 0.4) is 0 Å². The van der Waals surface area contributed by atoms with E-state index in [-0.39, 0.29) is 29.2 Å². The number of carbonyl (C=O) groups is 4. The van der Waals surface area contributed by atoms with Crippen LogP contribution in [0.15, 0.2) is 24.3 Å². The molecule has 0 amide bonds. The molecule has 50 heavy (non-hydrogen) atoms. The number of rotatable bonds is 17. The van der Waals surface area contributed by atoms with Crippen LogP contribution in [0.2, 0.25) is 0 Å². The van der Waals surface area contributed by atoms with Crippen molar-refractivity contribution >= 4 is 23.9 Å². The molecule has 0 aliphatic rings. The number of ether oxygens (including phenoxy) is 4. The SMILES string of the molecule is CCC(C)(C)OC(=O)c1ccc(C(=O)OC(C)(C)C(C)(C)CCCC(C)(CC)C(C)(C)OC(=O)C(C)(C)CC(C)(C)C(=O)OC(C)(C)C)cc1. The second kappa shape index (κ2) is 15.8. The summed E-state index contributed by atoms with van der Waals surface area (Å²) in [6.45, 7) is 34.7. The molecule has 0 aromatic heterocycles. The van der Waals surface area contributed by atoms with Crippen molar-refractivity contribution in [2.75, 3.05) is 0 Å². The molecule has 1 rings (SSSR count). The molecule has 8 heteroatoms. The predicted molar refractivity (Wildman–Crippen MR) is 200 cm³/mol. The molecule has 0 N–H and O–H groups in total. The predicted octanol–water partition coefficient (Wildman–Crippen LogP) is 10.7. The second-order valence-electron chi connectivity index (χ2n) is 19.0. The van der Waals surface area contributed by atoms with Gasteiger partial charge in [-0.05, 0) is 146 Å². The molecule has 0 radical (unpaired) electrons. The first kappa shape index (κ1) is 45.1. The first-order valence-electron chi connectivity index (χ1n) is 18.3. The lowest BCUT2D eigenvalue weighted by Gasteiger charge is -2.46. The van der Waals surface area contributed by atoms with Crippen LogP contribution >= 0.6 is 0 Å². The van der Waals surface area contributed by atoms with Gasteiger partial charge in [0, 0.05) is 10.8 Å². The Hall–Kier alpha value is -2.90. The number of carbonyl (C=O) groups excluding carboxylic acids is 4. The first-order valence-corrected chi connectivity index (χ1v) is 18.3. The van der Waals surface area contributed by atoms with Crippen molar-refractivity contribution in [3.05, 3.63) is 35.4 Å². The Bertz CT molecular complexity index is 1340. The monoisotopic (exact) mass is 703 g/mol. The van der Waals surface area contributed by atoms with Gasteiger partial charge in [-0.1, -0.05) is 41.0 Å². The standard InChI is InChI=1S/C42H70O8/c1-19-39(12,13)47-31(43)29-22-24-30(25-23-29)32(44)48-40(14,15)38(10,11)26-21-27-42(18,20-2)41(16,17)50-34(46)37(8,9)28-36(6,7)33(45)49-35(3,4)5/h22-25H,19-21,26-28H2,1-18H3. The lowest BCUT2D eigenvalue weighted by atomic mass is 9.67. The van der Waals surface area contributed by atoms with E-state index in [1.807, 2.05) is 83.1 Å². The molecular weight excluding hydrogens is 632 g/mol. The maximum absolute atomic E-state index is 13.7. The Labute approximate surface area is 304 Å². The van der Waals surface area contributed by atoms with E-state index in [4.69, 9.17) is 18.9 Å². The zero-order valence-corrected chi connectivity index (χ0v) is 34.8. The summed E-state index contributed by atoms with van der Waals surface area (Å²) in [6, 6.07) is 6.37. The van der Waals surface area contributed by atoms with E-state index in [0.717, 1.165) is 25.7 Å². The molecule has 0 heterocycles. The minimum atomic E-state index is -0.919. The highest BCUT2D eigenvalue weighted by Gasteiger charge is 2.48. The Morgan fingerprint density at radius 2 is 0.940 bits per heavy atom. The summed E-state index contributed by atoms with van der Waals surface area (Å²) in [5.41, 5.74) is -4.57. The summed E-state index contributed by atoms with van der Waals surface area (Å²) in [6.07, 6.45) is 4.12. The highest BCUT2D eigenvalue weighted by molar-refractivity contribution is 5.93. The molecule has 1 unspecified atom stereocenters. The number of hydrogen-bond donors (Lipinski definition) is 0. The van der Waals surface area contributed by atoms with Crippen molar-refractivity contribution < 1.29 is 38.1 Å². The van der Waals surface area contributed by atoms with E-state index >= 15 is 0 Å². The van der Waals surface area contributed by atoms with E-state index in [9.17, 15) is 19.2 Å². The van der Waals surface area contributed by atoms with Crippen molar-refractivity contribution in [1.82, 2.24) is 0 Å². The fraction of sp³-hybridized carbons (Fsp3) is 0.762. The third-order valence-corrected chi connectivity index (χ3v) is 11.1. The Morgan fingerprint density at radius 1 is 0.520 bits per heavy atom. The van der Waals surface area contributed by atoms with E-state index < -0.39 is 45.2 Å². The van der Waals surface area contributed by atoms with Crippen LogP contribution in [0.4, 0.5) is 0 Å². The number of hydrogen-bond acceptors (Lipinski definition) is 8. The van der Waals surface area contributed by atoms with Gasteiger partial charge in [0.2, 0.25) is 0 Å². The van der Waals surface area contributed by atoms with Gasteiger partial charge in [-0.2, -0.15) is 0 Å². The molecular formula is C42H70O8. The minimum absolute atomic E-state index is 0.280. The van der Waals surface area contributed by atoms with Crippen molar-refractivity contribution in [2.24, 2.45) is 21.7 Å². The Balaban J connectivity index is 2.96. The fourth-order valence-corrected chi connectivity index (χ4v) is 5.84. The van der Waals surface area contributed by atoms with Gasteiger partial charge in [-0.25, -0.2) is 9.59 Å². The van der Waals surface area contributed by atoms with E-state index in [0.29, 0.717) is 17.5 Å². The van der Waals surface area contributed by atoms with E-state index in [1.54, 1.807) is 38.1 Å². The van der Waals surface area contributed by atoms with Crippen LogP contribution in [0.1, 0.15) is 184 Å². The largest absolute Gasteiger partial charge is 0.460 e. The molecule has 0 spiro atoms. The first-order chi connectivity index (χ1) is 22.3. The normalized spacial score (nSPS) is 14.8. The maximum atomic E-state index is 13.7. The van der Waals surface area contributed by atoms with Crippen molar-refractivity contribution in [1.29, 1.82) is 0 Å². The van der Waals surface area contributed by atoms with Crippen LogP contribution in [-0.4, -0.2) is 46.3 Å². The molecule has 1 atom stereocenters. The van der Waals surface area contributed by atoms with E-state index in [1.165, 1.54) is 0 Å². The molecule has 0 saturated heterocycles. The van der Waals surface area contributed by atoms with Crippen molar-refractivity contribution in [3.8, 4) is 0 Å². The zero-order chi connectivity index (χ0) is 39.4.